The molecule has 2 N–H and O–H groups in total. The lowest BCUT2D eigenvalue weighted by molar-refractivity contribution is -0.121. The van der Waals surface area contributed by atoms with Gasteiger partial charge < -0.3 is 20.1 Å². The summed E-state index contributed by atoms with van der Waals surface area (Å²) in [6.45, 7) is 0. The van der Waals surface area contributed by atoms with E-state index in [9.17, 15) is 4.79 Å². The van der Waals surface area contributed by atoms with Crippen molar-refractivity contribution in [3.8, 4) is 11.5 Å². The van der Waals surface area contributed by atoms with Gasteiger partial charge in [-0.3, -0.25) is 4.79 Å². The van der Waals surface area contributed by atoms with Crippen LogP contribution in [0.15, 0.2) is 12.1 Å². The highest BCUT2D eigenvalue weighted by atomic mass is 16.5. The molecule has 21 heavy (non-hydrogen) atoms. The molecule has 1 saturated carbocycles. The molecule has 1 aliphatic heterocycles. The van der Waals surface area contributed by atoms with Crippen molar-refractivity contribution < 1.29 is 14.3 Å². The normalized spacial score (nSPS) is 20.0. The van der Waals surface area contributed by atoms with E-state index in [2.05, 4.69) is 10.6 Å². The fourth-order valence-corrected chi connectivity index (χ4v) is 3.33. The monoisotopic (exact) mass is 290 g/mol. The lowest BCUT2D eigenvalue weighted by Crippen LogP contribution is -2.52. The zero-order valence-electron chi connectivity index (χ0n) is 12.6. The Morgan fingerprint density at radius 2 is 1.52 bits per heavy atom. The van der Waals surface area contributed by atoms with Gasteiger partial charge in [-0.2, -0.15) is 0 Å². The van der Waals surface area contributed by atoms with Gasteiger partial charge in [0.2, 0.25) is 5.91 Å². The fraction of sp³-hybridized carbons (Fsp3) is 0.562. The Hall–Kier alpha value is -1.91. The minimum Gasteiger partial charge on any atom is -0.493 e. The summed E-state index contributed by atoms with van der Waals surface area (Å²) in [7, 11) is 3.21. The first-order chi connectivity index (χ1) is 10.2. The molecule has 0 unspecified atom stereocenters. The molecule has 3 rings (SSSR count). The van der Waals surface area contributed by atoms with Crippen molar-refractivity contribution >= 4 is 17.3 Å². The molecule has 2 aliphatic rings. The molecular weight excluding hydrogens is 268 g/mol. The van der Waals surface area contributed by atoms with Crippen molar-refractivity contribution in [3.05, 3.63) is 12.1 Å². The van der Waals surface area contributed by atoms with Gasteiger partial charge in [0.15, 0.2) is 11.5 Å². The van der Waals surface area contributed by atoms with Gasteiger partial charge in [-0.15, -0.1) is 0 Å². The van der Waals surface area contributed by atoms with Crippen LogP contribution in [0.5, 0.6) is 11.5 Å². The van der Waals surface area contributed by atoms with Crippen LogP contribution in [0, 0.1) is 0 Å². The van der Waals surface area contributed by atoms with Crippen LogP contribution >= 0.6 is 0 Å². The van der Waals surface area contributed by atoms with Crippen LogP contribution in [0.3, 0.4) is 0 Å². The summed E-state index contributed by atoms with van der Waals surface area (Å²) < 4.78 is 10.6. The number of anilines is 2. The van der Waals surface area contributed by atoms with Crippen LogP contribution in [0.25, 0.3) is 0 Å². The van der Waals surface area contributed by atoms with Gasteiger partial charge in [-0.1, -0.05) is 25.7 Å². The lowest BCUT2D eigenvalue weighted by Gasteiger charge is -2.38. The smallest absolute Gasteiger partial charge is 0.250 e. The van der Waals surface area contributed by atoms with Crippen LogP contribution in [-0.4, -0.2) is 25.7 Å². The van der Waals surface area contributed by atoms with Crippen LogP contribution in [0.4, 0.5) is 11.4 Å². The van der Waals surface area contributed by atoms with Crippen molar-refractivity contribution in [3.63, 3.8) is 0 Å². The van der Waals surface area contributed by atoms with Gasteiger partial charge in [0.05, 0.1) is 25.6 Å². The molecule has 0 bridgehead atoms. The van der Waals surface area contributed by atoms with E-state index >= 15 is 0 Å². The molecule has 0 aromatic heterocycles. The van der Waals surface area contributed by atoms with Gasteiger partial charge in [0.25, 0.3) is 0 Å². The Morgan fingerprint density at radius 3 is 2.10 bits per heavy atom. The molecule has 0 atom stereocenters. The standard InChI is InChI=1S/C16H22N2O3/c1-20-13-9-11-12(10-14(13)21-2)18-16(15(19)17-11)7-5-3-4-6-8-16/h9-10,18H,3-8H2,1-2H3,(H,17,19). The summed E-state index contributed by atoms with van der Waals surface area (Å²) in [6, 6.07) is 3.71. The van der Waals surface area contributed by atoms with Crippen molar-refractivity contribution in [1.82, 2.24) is 0 Å². The minimum absolute atomic E-state index is 0.0733. The average molecular weight is 290 g/mol. The van der Waals surface area contributed by atoms with E-state index in [1.165, 1.54) is 12.8 Å². The van der Waals surface area contributed by atoms with Crippen LogP contribution in [0.1, 0.15) is 38.5 Å². The largest absolute Gasteiger partial charge is 0.493 e. The Bertz CT molecular complexity index is 549. The maximum absolute atomic E-state index is 12.6. The van der Waals surface area contributed by atoms with E-state index < -0.39 is 5.54 Å². The maximum atomic E-state index is 12.6. The summed E-state index contributed by atoms with van der Waals surface area (Å²) in [6.07, 6.45) is 6.34. The van der Waals surface area contributed by atoms with E-state index in [0.717, 1.165) is 37.1 Å². The number of hydrogen-bond acceptors (Lipinski definition) is 4. The highest BCUT2D eigenvalue weighted by Crippen LogP contribution is 2.43. The zero-order valence-corrected chi connectivity index (χ0v) is 12.6. The average Bonchev–Trinajstić information content (AvgIpc) is 2.74. The topological polar surface area (TPSA) is 59.6 Å². The third-order valence-electron chi connectivity index (χ3n) is 4.54. The SMILES string of the molecule is COc1cc2c(cc1OC)NC1(CCCCCC1)C(=O)N2. The number of methoxy groups -OCH3 is 2. The number of nitrogens with one attached hydrogen (secondary N) is 2. The quantitative estimate of drug-likeness (QED) is 0.878. The van der Waals surface area contributed by atoms with E-state index in [-0.39, 0.29) is 5.91 Å². The van der Waals surface area contributed by atoms with E-state index in [0.29, 0.717) is 11.5 Å². The second-order valence-electron chi connectivity index (χ2n) is 5.83. The first kappa shape index (κ1) is 14.0. The molecular formula is C16H22N2O3. The maximum Gasteiger partial charge on any atom is 0.250 e. The number of fused-ring (bicyclic) bond motifs is 1. The van der Waals surface area contributed by atoms with Crippen molar-refractivity contribution in [1.29, 1.82) is 0 Å². The van der Waals surface area contributed by atoms with Crippen LogP contribution in [-0.2, 0) is 4.79 Å². The van der Waals surface area contributed by atoms with Crippen molar-refractivity contribution in [2.45, 2.75) is 44.1 Å². The number of benzene rings is 1. The fourth-order valence-electron chi connectivity index (χ4n) is 3.33. The number of hydrogen-bond donors (Lipinski definition) is 2. The number of carbonyl (C=O) groups excluding carboxylic acids is 1. The number of carbonyl (C=O) groups is 1. The molecule has 1 amide bonds. The van der Waals surface area contributed by atoms with Gasteiger partial charge in [-0.05, 0) is 12.8 Å². The Morgan fingerprint density at radius 1 is 0.952 bits per heavy atom. The summed E-state index contributed by atoms with van der Waals surface area (Å²) in [4.78, 5) is 12.6. The van der Waals surface area contributed by atoms with Crippen LogP contribution in [0.2, 0.25) is 0 Å². The number of rotatable bonds is 2. The molecule has 1 spiro atoms. The summed E-state index contributed by atoms with van der Waals surface area (Å²) >= 11 is 0. The highest BCUT2D eigenvalue weighted by Gasteiger charge is 2.42. The van der Waals surface area contributed by atoms with Gasteiger partial charge >= 0.3 is 0 Å². The summed E-state index contributed by atoms with van der Waals surface area (Å²) in [5.74, 6) is 1.36. The predicted molar refractivity (Wildman–Crippen MR) is 82.2 cm³/mol. The predicted octanol–water partition coefficient (Wildman–Crippen LogP) is 3.16. The highest BCUT2D eigenvalue weighted by molar-refractivity contribution is 6.06. The lowest BCUT2D eigenvalue weighted by atomic mass is 9.86. The molecule has 0 radical (unpaired) electrons. The Kier molecular flexibility index (Phi) is 3.66. The molecule has 1 aromatic carbocycles. The molecule has 0 saturated heterocycles. The first-order valence-corrected chi connectivity index (χ1v) is 7.54. The second kappa shape index (κ2) is 5.47. The summed E-state index contributed by atoms with van der Waals surface area (Å²) in [5, 5.41) is 6.52. The molecule has 1 aromatic rings. The molecule has 1 heterocycles. The molecule has 114 valence electrons. The summed E-state index contributed by atoms with van der Waals surface area (Å²) in [5.41, 5.74) is 1.20. The van der Waals surface area contributed by atoms with Crippen molar-refractivity contribution in [2.75, 3.05) is 24.9 Å². The molecule has 5 nitrogen and oxygen atoms in total. The number of amides is 1. The zero-order chi connectivity index (χ0) is 14.9. The van der Waals surface area contributed by atoms with Gasteiger partial charge in [0.1, 0.15) is 5.54 Å². The Labute approximate surface area is 125 Å². The van der Waals surface area contributed by atoms with Gasteiger partial charge in [-0.25, -0.2) is 0 Å². The van der Waals surface area contributed by atoms with Crippen molar-refractivity contribution in [2.24, 2.45) is 0 Å². The van der Waals surface area contributed by atoms with E-state index in [1.54, 1.807) is 14.2 Å². The van der Waals surface area contributed by atoms with Crippen LogP contribution < -0.4 is 20.1 Å². The van der Waals surface area contributed by atoms with E-state index in [1.807, 2.05) is 12.1 Å². The third-order valence-corrected chi connectivity index (χ3v) is 4.54. The third kappa shape index (κ3) is 2.41. The minimum atomic E-state index is -0.469. The molecule has 1 aliphatic carbocycles. The van der Waals surface area contributed by atoms with E-state index in [4.69, 9.17) is 9.47 Å². The number of ether oxygens (including phenoxy) is 2. The van der Waals surface area contributed by atoms with Gasteiger partial charge in [0, 0.05) is 12.1 Å². The second-order valence-corrected chi connectivity index (χ2v) is 5.83. The molecule has 5 heteroatoms. The Balaban J connectivity index is 1.98. The molecule has 1 fully saturated rings. The first-order valence-electron chi connectivity index (χ1n) is 7.54.